The van der Waals surface area contributed by atoms with Gasteiger partial charge in [-0.05, 0) is 75.8 Å². The molecule has 1 aliphatic rings. The van der Waals surface area contributed by atoms with E-state index >= 15 is 0 Å². The molecule has 3 heterocycles. The second-order valence-corrected chi connectivity index (χ2v) is 8.73. The molecule has 1 fully saturated rings. The molecule has 0 aliphatic heterocycles. The molecule has 3 aromatic rings. The molecular weight excluding hydrogens is 408 g/mol. The van der Waals surface area contributed by atoms with Crippen LogP contribution in [0, 0.1) is 6.92 Å². The van der Waals surface area contributed by atoms with Crippen molar-refractivity contribution < 1.29 is 4.74 Å². The minimum absolute atomic E-state index is 0.151. The van der Waals surface area contributed by atoms with Gasteiger partial charge in [-0.25, -0.2) is 4.98 Å². The molecule has 31 heavy (non-hydrogen) atoms. The zero-order valence-corrected chi connectivity index (χ0v) is 19.2. The van der Waals surface area contributed by atoms with Gasteiger partial charge in [0.25, 0.3) is 0 Å². The van der Waals surface area contributed by atoms with Crippen molar-refractivity contribution in [3.63, 3.8) is 0 Å². The van der Waals surface area contributed by atoms with Crippen molar-refractivity contribution in [3.8, 4) is 5.88 Å². The lowest BCUT2D eigenvalue weighted by Crippen LogP contribution is -2.36. The van der Waals surface area contributed by atoms with Gasteiger partial charge in [-0.2, -0.15) is 9.36 Å². The van der Waals surface area contributed by atoms with Crippen LogP contribution in [-0.2, 0) is 0 Å². The number of hydrogen-bond donors (Lipinski definition) is 2. The van der Waals surface area contributed by atoms with Crippen molar-refractivity contribution in [2.45, 2.75) is 58.6 Å². The maximum Gasteiger partial charge on any atom is 0.244 e. The fourth-order valence-corrected chi connectivity index (χ4v) is 4.72. The molecule has 2 N–H and O–H groups in total. The Morgan fingerprint density at radius 1 is 1.32 bits per heavy atom. The van der Waals surface area contributed by atoms with Crippen LogP contribution in [0.5, 0.6) is 5.88 Å². The summed E-state index contributed by atoms with van der Waals surface area (Å²) < 4.78 is 12.9. The maximum atomic E-state index is 6.50. The van der Waals surface area contributed by atoms with Crippen LogP contribution in [0.25, 0.3) is 16.7 Å². The zero-order valence-electron chi connectivity index (χ0n) is 18.4. The Balaban J connectivity index is 1.66. The molecule has 0 bridgehead atoms. The third-order valence-electron chi connectivity index (χ3n) is 5.55. The van der Waals surface area contributed by atoms with E-state index < -0.39 is 0 Å². The van der Waals surface area contributed by atoms with Crippen LogP contribution in [0.1, 0.15) is 45.2 Å². The highest BCUT2D eigenvalue weighted by atomic mass is 32.1. The molecule has 8 heteroatoms. The SMILES string of the molecule is C=C/C=C(\C)n1ccc2nc(Nc3cc(C)ns3)nc(OC3CCC(NCC)CC3)c21. The smallest absolute Gasteiger partial charge is 0.244 e. The van der Waals surface area contributed by atoms with Crippen molar-refractivity contribution in [2.24, 2.45) is 0 Å². The van der Waals surface area contributed by atoms with Gasteiger partial charge in [0, 0.05) is 17.9 Å². The summed E-state index contributed by atoms with van der Waals surface area (Å²) in [5.74, 6) is 1.14. The number of aryl methyl sites for hydroxylation is 1. The summed E-state index contributed by atoms with van der Waals surface area (Å²) >= 11 is 1.40. The standard InChI is InChI=1S/C23H30N6OS/c1-5-7-16(4)29-13-12-19-21(29)22(30-18-10-8-17(9-11-18)24-6-2)27-23(25-19)26-20-14-15(3)28-31-20/h5,7,12-14,17-18,24H,1,6,8-11H2,2-4H3,(H,25,26,27)/b16-7+. The topological polar surface area (TPSA) is 76.9 Å². The van der Waals surface area contributed by atoms with Crippen LogP contribution < -0.4 is 15.4 Å². The number of ether oxygens (including phenoxy) is 1. The molecule has 0 atom stereocenters. The minimum atomic E-state index is 0.151. The first-order valence-corrected chi connectivity index (χ1v) is 11.6. The first kappa shape index (κ1) is 21.5. The summed E-state index contributed by atoms with van der Waals surface area (Å²) in [6, 6.07) is 4.57. The molecule has 0 amide bonds. The fourth-order valence-electron chi connectivity index (χ4n) is 4.06. The Morgan fingerprint density at radius 3 is 2.81 bits per heavy atom. The van der Waals surface area contributed by atoms with E-state index in [1.54, 1.807) is 6.08 Å². The summed E-state index contributed by atoms with van der Waals surface area (Å²) in [4.78, 5) is 9.50. The second kappa shape index (κ2) is 9.62. The van der Waals surface area contributed by atoms with Crippen LogP contribution >= 0.6 is 11.5 Å². The quantitative estimate of drug-likeness (QED) is 0.466. The molecule has 164 valence electrons. The Bertz CT molecular complexity index is 1080. The lowest BCUT2D eigenvalue weighted by molar-refractivity contribution is 0.136. The maximum absolute atomic E-state index is 6.50. The Labute approximate surface area is 187 Å². The van der Waals surface area contributed by atoms with Gasteiger partial charge in [0.15, 0.2) is 0 Å². The monoisotopic (exact) mass is 438 g/mol. The van der Waals surface area contributed by atoms with Crippen molar-refractivity contribution in [1.29, 1.82) is 0 Å². The molecular formula is C23H30N6OS. The van der Waals surface area contributed by atoms with E-state index in [9.17, 15) is 0 Å². The van der Waals surface area contributed by atoms with Crippen LogP contribution in [0.3, 0.4) is 0 Å². The van der Waals surface area contributed by atoms with Crippen molar-refractivity contribution in [1.82, 2.24) is 24.2 Å². The summed E-state index contributed by atoms with van der Waals surface area (Å²) in [7, 11) is 0. The van der Waals surface area contributed by atoms with Crippen LogP contribution in [-0.4, -0.2) is 37.6 Å². The highest BCUT2D eigenvalue weighted by Crippen LogP contribution is 2.32. The molecule has 1 aliphatic carbocycles. The average molecular weight is 439 g/mol. The molecule has 0 unspecified atom stereocenters. The average Bonchev–Trinajstić information content (AvgIpc) is 3.36. The van der Waals surface area contributed by atoms with Crippen LogP contribution in [0.15, 0.2) is 37.1 Å². The van der Waals surface area contributed by atoms with Gasteiger partial charge < -0.3 is 19.9 Å². The highest BCUT2D eigenvalue weighted by Gasteiger charge is 2.24. The van der Waals surface area contributed by atoms with E-state index in [2.05, 4.69) is 33.1 Å². The molecule has 0 spiro atoms. The van der Waals surface area contributed by atoms with E-state index in [0.29, 0.717) is 17.9 Å². The normalized spacial score (nSPS) is 19.5. The Morgan fingerprint density at radius 2 is 2.13 bits per heavy atom. The second-order valence-electron chi connectivity index (χ2n) is 7.92. The van der Waals surface area contributed by atoms with Crippen LogP contribution in [0.2, 0.25) is 0 Å². The van der Waals surface area contributed by atoms with Crippen LogP contribution in [0.4, 0.5) is 10.9 Å². The third-order valence-corrected chi connectivity index (χ3v) is 6.34. The van der Waals surface area contributed by atoms with Gasteiger partial charge in [-0.15, -0.1) is 0 Å². The van der Waals surface area contributed by atoms with Crippen molar-refractivity contribution in [3.05, 3.63) is 42.8 Å². The number of hydrogen-bond acceptors (Lipinski definition) is 7. The van der Waals surface area contributed by atoms with E-state index in [4.69, 9.17) is 14.7 Å². The van der Waals surface area contributed by atoms with Gasteiger partial charge in [-0.3, -0.25) is 0 Å². The Hall–Kier alpha value is -2.71. The molecule has 7 nitrogen and oxygen atoms in total. The van der Waals surface area contributed by atoms with Crippen molar-refractivity contribution >= 4 is 39.2 Å². The number of aromatic nitrogens is 4. The van der Waals surface area contributed by atoms with E-state index in [0.717, 1.165) is 59.7 Å². The molecule has 0 saturated heterocycles. The van der Waals surface area contributed by atoms with Gasteiger partial charge in [0.2, 0.25) is 11.8 Å². The van der Waals surface area contributed by atoms with E-state index in [1.807, 2.05) is 38.3 Å². The fraction of sp³-hybridized carbons (Fsp3) is 0.435. The predicted octanol–water partition coefficient (Wildman–Crippen LogP) is 5.29. The lowest BCUT2D eigenvalue weighted by atomic mass is 9.93. The minimum Gasteiger partial charge on any atom is -0.473 e. The predicted molar refractivity (Wildman–Crippen MR) is 128 cm³/mol. The number of anilines is 2. The summed E-state index contributed by atoms with van der Waals surface area (Å²) in [5.41, 5.74) is 3.73. The number of fused-ring (bicyclic) bond motifs is 1. The molecule has 3 aromatic heterocycles. The Kier molecular flexibility index (Phi) is 6.67. The largest absolute Gasteiger partial charge is 0.473 e. The highest BCUT2D eigenvalue weighted by molar-refractivity contribution is 7.10. The number of allylic oxidation sites excluding steroid dienone is 3. The van der Waals surface area contributed by atoms with Gasteiger partial charge in [0.1, 0.15) is 16.6 Å². The van der Waals surface area contributed by atoms with Gasteiger partial charge in [0.05, 0.1) is 11.2 Å². The molecule has 1 saturated carbocycles. The lowest BCUT2D eigenvalue weighted by Gasteiger charge is -2.29. The first-order valence-electron chi connectivity index (χ1n) is 10.9. The summed E-state index contributed by atoms with van der Waals surface area (Å²) in [6.07, 6.45) is 10.2. The number of nitrogens with zero attached hydrogens (tertiary/aromatic N) is 4. The molecule has 4 rings (SSSR count). The molecule has 0 aromatic carbocycles. The summed E-state index contributed by atoms with van der Waals surface area (Å²) in [5, 5.41) is 7.75. The number of rotatable bonds is 8. The van der Waals surface area contributed by atoms with Gasteiger partial charge in [-0.1, -0.05) is 19.6 Å². The molecule has 0 radical (unpaired) electrons. The first-order chi connectivity index (χ1) is 15.1. The van der Waals surface area contributed by atoms with E-state index in [-0.39, 0.29) is 6.10 Å². The van der Waals surface area contributed by atoms with E-state index in [1.165, 1.54) is 11.5 Å². The third kappa shape index (κ3) is 4.97. The van der Waals surface area contributed by atoms with Crippen molar-refractivity contribution in [2.75, 3.05) is 11.9 Å². The van der Waals surface area contributed by atoms with Gasteiger partial charge >= 0.3 is 0 Å². The zero-order chi connectivity index (χ0) is 21.8. The summed E-state index contributed by atoms with van der Waals surface area (Å²) in [6.45, 7) is 11.0. The number of nitrogens with one attached hydrogen (secondary N) is 2.